The van der Waals surface area contributed by atoms with Crippen LogP contribution < -0.4 is 9.47 Å². The summed E-state index contributed by atoms with van der Waals surface area (Å²) >= 11 is 0. The zero-order valence-corrected chi connectivity index (χ0v) is 15.4. The number of ether oxygens (including phenoxy) is 3. The Labute approximate surface area is 162 Å². The molecule has 8 heteroatoms. The molecule has 1 aliphatic heterocycles. The smallest absolute Gasteiger partial charge is 0.363 e. The molecule has 1 atom stereocenters. The molecule has 3 heterocycles. The summed E-state index contributed by atoms with van der Waals surface area (Å²) < 4.78 is 18.1. The van der Waals surface area contributed by atoms with Crippen molar-refractivity contribution in [3.05, 3.63) is 60.3 Å². The fourth-order valence-corrected chi connectivity index (χ4v) is 2.93. The minimum Gasteiger partial charge on any atom is -0.434 e. The summed E-state index contributed by atoms with van der Waals surface area (Å²) in [7, 11) is 0. The van der Waals surface area contributed by atoms with Gasteiger partial charge in [-0.15, -0.1) is 0 Å². The third kappa shape index (κ3) is 4.17. The van der Waals surface area contributed by atoms with Crippen LogP contribution in [0.4, 0.5) is 0 Å². The highest BCUT2D eigenvalue weighted by atomic mass is 16.5. The van der Waals surface area contributed by atoms with Crippen LogP contribution >= 0.6 is 0 Å². The van der Waals surface area contributed by atoms with Gasteiger partial charge in [0.05, 0.1) is 31.4 Å². The molecule has 0 aliphatic carbocycles. The Hall–Kier alpha value is -3.26. The Morgan fingerprint density at radius 2 is 2.04 bits per heavy atom. The van der Waals surface area contributed by atoms with E-state index in [1.165, 1.54) is 18.0 Å². The number of carbonyl (C=O) groups is 1. The fraction of sp³-hybridized carbons (Fsp3) is 0.300. The zero-order chi connectivity index (χ0) is 19.3. The Morgan fingerprint density at radius 3 is 2.68 bits per heavy atom. The second-order valence-electron chi connectivity index (χ2n) is 6.39. The molecule has 0 amide bonds. The maximum absolute atomic E-state index is 12.3. The average Bonchev–Trinajstić information content (AvgIpc) is 3.41. The van der Waals surface area contributed by atoms with Crippen molar-refractivity contribution in [2.75, 3.05) is 13.2 Å². The van der Waals surface area contributed by atoms with Crippen LogP contribution in [0.1, 0.15) is 35.3 Å². The maximum Gasteiger partial charge on any atom is 0.363 e. The van der Waals surface area contributed by atoms with Crippen LogP contribution in [0.2, 0.25) is 0 Å². The summed E-state index contributed by atoms with van der Waals surface area (Å²) in [4.78, 5) is 20.4. The third-order valence-electron chi connectivity index (χ3n) is 4.48. The lowest BCUT2D eigenvalue weighted by Gasteiger charge is -2.09. The van der Waals surface area contributed by atoms with Crippen LogP contribution in [0.25, 0.3) is 0 Å². The van der Waals surface area contributed by atoms with Crippen molar-refractivity contribution in [1.82, 2.24) is 19.7 Å². The van der Waals surface area contributed by atoms with E-state index < -0.39 is 5.97 Å². The second-order valence-corrected chi connectivity index (χ2v) is 6.39. The summed E-state index contributed by atoms with van der Waals surface area (Å²) in [5.74, 6) is 1.12. The molecule has 1 unspecified atom stereocenters. The van der Waals surface area contributed by atoms with Crippen molar-refractivity contribution < 1.29 is 19.0 Å². The van der Waals surface area contributed by atoms with Crippen LogP contribution in [0, 0.1) is 0 Å². The monoisotopic (exact) mass is 380 g/mol. The quantitative estimate of drug-likeness (QED) is 0.479. The van der Waals surface area contributed by atoms with Crippen molar-refractivity contribution in [1.29, 1.82) is 0 Å². The summed E-state index contributed by atoms with van der Waals surface area (Å²) in [6, 6.07) is 7.48. The molecule has 0 N–H and O–H groups in total. The average molecular weight is 380 g/mol. The van der Waals surface area contributed by atoms with Crippen molar-refractivity contribution >= 4 is 5.97 Å². The molecule has 2 aromatic heterocycles. The fourth-order valence-electron chi connectivity index (χ4n) is 2.93. The molecule has 0 radical (unpaired) electrons. The van der Waals surface area contributed by atoms with Gasteiger partial charge < -0.3 is 14.2 Å². The largest absolute Gasteiger partial charge is 0.434 e. The number of benzene rings is 1. The van der Waals surface area contributed by atoms with Crippen molar-refractivity contribution in [3.63, 3.8) is 0 Å². The van der Waals surface area contributed by atoms with Crippen LogP contribution in [-0.2, 0) is 11.3 Å². The number of carbonyl (C=O) groups excluding carboxylic acids is 1. The van der Waals surface area contributed by atoms with Crippen LogP contribution in [0.15, 0.2) is 49.1 Å². The van der Waals surface area contributed by atoms with Gasteiger partial charge in [-0.2, -0.15) is 5.10 Å². The number of aryl methyl sites for hydroxylation is 1. The van der Waals surface area contributed by atoms with Gasteiger partial charge in [-0.3, -0.25) is 4.68 Å². The molecule has 1 fully saturated rings. The van der Waals surface area contributed by atoms with Crippen molar-refractivity contribution in [3.8, 4) is 17.4 Å². The van der Waals surface area contributed by atoms with Gasteiger partial charge in [-0.05, 0) is 31.0 Å². The van der Waals surface area contributed by atoms with Gasteiger partial charge in [0.2, 0.25) is 5.88 Å². The van der Waals surface area contributed by atoms with Crippen LogP contribution in [0.5, 0.6) is 17.4 Å². The highest BCUT2D eigenvalue weighted by molar-refractivity contribution is 5.88. The number of hydrogen-bond acceptors (Lipinski definition) is 7. The Bertz CT molecular complexity index is 932. The van der Waals surface area contributed by atoms with Gasteiger partial charge in [0.1, 0.15) is 5.75 Å². The second kappa shape index (κ2) is 8.18. The molecule has 0 spiro atoms. The first kappa shape index (κ1) is 18.1. The first-order chi connectivity index (χ1) is 13.7. The van der Waals surface area contributed by atoms with E-state index in [0.717, 1.165) is 26.2 Å². The standard InChI is InChI=1S/C20H20N4O4/c1-2-24-12-17(9-23-24)27-19-11-21-18(10-22-19)20(25)28-16-5-3-14(4-6-16)15-7-8-26-13-15/h3-6,9-12,15H,2,7-8,13H2,1H3. The first-order valence-corrected chi connectivity index (χ1v) is 9.13. The number of aromatic nitrogens is 4. The van der Waals surface area contributed by atoms with Crippen molar-refractivity contribution in [2.45, 2.75) is 25.8 Å². The predicted molar refractivity (Wildman–Crippen MR) is 99.6 cm³/mol. The molecule has 0 saturated carbocycles. The molecular weight excluding hydrogens is 360 g/mol. The molecule has 8 nitrogen and oxygen atoms in total. The molecule has 1 saturated heterocycles. The van der Waals surface area contributed by atoms with Gasteiger partial charge in [-0.1, -0.05) is 12.1 Å². The van der Waals surface area contributed by atoms with Gasteiger partial charge in [0.25, 0.3) is 0 Å². The Balaban J connectivity index is 1.36. The number of nitrogens with zero attached hydrogens (tertiary/aromatic N) is 4. The van der Waals surface area contributed by atoms with E-state index in [9.17, 15) is 4.79 Å². The minimum absolute atomic E-state index is 0.102. The number of hydrogen-bond donors (Lipinski definition) is 0. The normalized spacial score (nSPS) is 16.1. The van der Waals surface area contributed by atoms with Gasteiger partial charge in [-0.25, -0.2) is 14.8 Å². The maximum atomic E-state index is 12.3. The molecule has 144 valence electrons. The van der Waals surface area contributed by atoms with E-state index in [4.69, 9.17) is 14.2 Å². The Kier molecular flexibility index (Phi) is 5.29. The zero-order valence-electron chi connectivity index (χ0n) is 15.4. The molecule has 1 aromatic carbocycles. The highest BCUT2D eigenvalue weighted by Gasteiger charge is 2.18. The number of esters is 1. The SMILES string of the molecule is CCn1cc(Oc2cnc(C(=O)Oc3ccc(C4CCOC4)cc3)cn2)cn1. The summed E-state index contributed by atoms with van der Waals surface area (Å²) in [6.45, 7) is 4.26. The third-order valence-corrected chi connectivity index (χ3v) is 4.48. The van der Waals surface area contributed by atoms with E-state index in [2.05, 4.69) is 15.1 Å². The lowest BCUT2D eigenvalue weighted by Crippen LogP contribution is -2.11. The topological polar surface area (TPSA) is 88.4 Å². The summed E-state index contributed by atoms with van der Waals surface area (Å²) in [5.41, 5.74) is 1.29. The molecule has 3 aromatic rings. The van der Waals surface area contributed by atoms with E-state index >= 15 is 0 Å². The molecular formula is C20H20N4O4. The molecule has 4 rings (SSSR count). The highest BCUT2D eigenvalue weighted by Crippen LogP contribution is 2.27. The summed E-state index contributed by atoms with van der Waals surface area (Å²) in [6.07, 6.45) is 7.07. The van der Waals surface area contributed by atoms with Gasteiger partial charge in [0.15, 0.2) is 11.4 Å². The summed E-state index contributed by atoms with van der Waals surface area (Å²) in [5, 5.41) is 4.12. The van der Waals surface area contributed by atoms with E-state index in [-0.39, 0.29) is 11.6 Å². The van der Waals surface area contributed by atoms with Crippen LogP contribution in [-0.4, -0.2) is 38.9 Å². The predicted octanol–water partition coefficient (Wildman–Crippen LogP) is 3.21. The molecule has 1 aliphatic rings. The van der Waals surface area contributed by atoms with E-state index in [1.54, 1.807) is 29.2 Å². The van der Waals surface area contributed by atoms with Crippen molar-refractivity contribution in [2.24, 2.45) is 0 Å². The van der Waals surface area contributed by atoms with E-state index in [1.807, 2.05) is 19.1 Å². The van der Waals surface area contributed by atoms with E-state index in [0.29, 0.717) is 17.4 Å². The van der Waals surface area contributed by atoms with Crippen LogP contribution in [0.3, 0.4) is 0 Å². The van der Waals surface area contributed by atoms with Gasteiger partial charge in [0, 0.05) is 19.1 Å². The van der Waals surface area contributed by atoms with Gasteiger partial charge >= 0.3 is 5.97 Å². The first-order valence-electron chi connectivity index (χ1n) is 9.13. The molecule has 28 heavy (non-hydrogen) atoms. The Morgan fingerprint density at radius 1 is 1.18 bits per heavy atom. The minimum atomic E-state index is -0.574. The number of rotatable bonds is 6. The lowest BCUT2D eigenvalue weighted by atomic mass is 9.99. The lowest BCUT2D eigenvalue weighted by molar-refractivity contribution is 0.0728. The molecule has 0 bridgehead atoms.